The lowest BCUT2D eigenvalue weighted by Gasteiger charge is -2.21. The van der Waals surface area contributed by atoms with Crippen molar-refractivity contribution in [3.05, 3.63) is 70.7 Å². The highest BCUT2D eigenvalue weighted by atomic mass is 16.5. The lowest BCUT2D eigenvalue weighted by Crippen LogP contribution is -2.45. The minimum atomic E-state index is -0.683. The fraction of sp³-hybridized carbons (Fsp3) is 0.273. The van der Waals surface area contributed by atoms with Crippen LogP contribution in [0, 0.1) is 0 Å². The number of H-pyrrole nitrogens is 1. The number of likely N-dealkylation sites (N-methyl/N-ethyl adjacent to an activating group) is 1. The number of aromatic nitrogens is 2. The Morgan fingerprint density at radius 3 is 2.52 bits per heavy atom. The average Bonchev–Trinajstić information content (AvgIpc) is 3.28. The molecule has 1 saturated heterocycles. The zero-order valence-corrected chi connectivity index (χ0v) is 17.3. The highest BCUT2D eigenvalue weighted by molar-refractivity contribution is 6.22. The van der Waals surface area contributed by atoms with Crippen LogP contribution in [0.1, 0.15) is 19.0 Å². The number of para-hydroxylation sites is 1. The standard InChI is InChI=1S/C22H22N4O5/c1-3-30-17-11-9-15(10-12-17)25-20(27)13-18(21(25)28)24(2)14-19-22(29)31-23-26(19)16-7-5-4-6-8-16/h4-12,18H,3,13-14H2,1-2H3/p+1. The molecule has 9 heteroatoms. The molecule has 1 aliphatic rings. The molecule has 0 spiro atoms. The largest absolute Gasteiger partial charge is 0.494 e. The summed E-state index contributed by atoms with van der Waals surface area (Å²) in [6.45, 7) is 2.54. The number of imide groups is 1. The third-order valence-electron chi connectivity index (χ3n) is 5.21. The van der Waals surface area contributed by atoms with Gasteiger partial charge in [0.15, 0.2) is 0 Å². The number of carbonyl (C=O) groups is 2. The van der Waals surface area contributed by atoms with Crippen molar-refractivity contribution < 1.29 is 23.5 Å². The Bertz CT molecular complexity index is 1140. The molecule has 9 nitrogen and oxygen atoms in total. The second-order valence-electron chi connectivity index (χ2n) is 7.23. The molecule has 0 saturated carbocycles. The van der Waals surface area contributed by atoms with Gasteiger partial charge in [-0.1, -0.05) is 18.2 Å². The highest BCUT2D eigenvalue weighted by Crippen LogP contribution is 2.27. The first-order chi connectivity index (χ1) is 15.0. The van der Waals surface area contributed by atoms with Crippen LogP contribution in [0.5, 0.6) is 5.75 Å². The second kappa shape index (κ2) is 8.57. The average molecular weight is 423 g/mol. The van der Waals surface area contributed by atoms with E-state index in [1.807, 2.05) is 37.3 Å². The first-order valence-electron chi connectivity index (χ1n) is 9.97. The van der Waals surface area contributed by atoms with Gasteiger partial charge in [-0.05, 0) is 48.2 Å². The van der Waals surface area contributed by atoms with Crippen LogP contribution >= 0.6 is 0 Å². The molecule has 1 aliphatic heterocycles. The fourth-order valence-electron chi connectivity index (χ4n) is 3.65. The number of benzene rings is 2. The van der Waals surface area contributed by atoms with Gasteiger partial charge < -0.3 is 4.74 Å². The van der Waals surface area contributed by atoms with Gasteiger partial charge in [0.2, 0.25) is 11.6 Å². The molecule has 0 radical (unpaired) electrons. The highest BCUT2D eigenvalue weighted by Gasteiger charge is 2.43. The first kappa shape index (κ1) is 20.5. The molecule has 0 bridgehead atoms. The van der Waals surface area contributed by atoms with E-state index in [0.29, 0.717) is 23.7 Å². The van der Waals surface area contributed by atoms with Gasteiger partial charge in [0.1, 0.15) is 5.75 Å². The van der Waals surface area contributed by atoms with E-state index in [9.17, 15) is 14.4 Å². The maximum Gasteiger partial charge on any atom is 0.431 e. The Balaban J connectivity index is 1.54. The van der Waals surface area contributed by atoms with E-state index in [2.05, 4.69) is 5.27 Å². The summed E-state index contributed by atoms with van der Waals surface area (Å²) in [6.07, 6.45) is 0.0314. The monoisotopic (exact) mass is 423 g/mol. The van der Waals surface area contributed by atoms with Crippen molar-refractivity contribution in [2.75, 3.05) is 18.6 Å². The van der Waals surface area contributed by atoms with Crippen LogP contribution < -0.4 is 19.9 Å². The van der Waals surface area contributed by atoms with E-state index >= 15 is 0 Å². The number of nitrogens with one attached hydrogen (secondary N) is 1. The van der Waals surface area contributed by atoms with Gasteiger partial charge in [0.05, 0.1) is 31.3 Å². The number of amides is 2. The molecule has 4 rings (SSSR count). The number of hydrogen-bond donors (Lipinski definition) is 1. The van der Waals surface area contributed by atoms with Gasteiger partial charge in [-0.25, -0.2) is 9.69 Å². The second-order valence-corrected chi connectivity index (χ2v) is 7.23. The zero-order chi connectivity index (χ0) is 22.0. The molecule has 160 valence electrons. The van der Waals surface area contributed by atoms with Gasteiger partial charge in [-0.15, -0.1) is 0 Å². The molecule has 2 amide bonds. The smallest absolute Gasteiger partial charge is 0.431 e. The van der Waals surface area contributed by atoms with E-state index in [1.54, 1.807) is 36.2 Å². The van der Waals surface area contributed by atoms with Gasteiger partial charge >= 0.3 is 11.3 Å². The van der Waals surface area contributed by atoms with Gasteiger partial charge in [0.25, 0.3) is 5.91 Å². The van der Waals surface area contributed by atoms with Crippen molar-refractivity contribution >= 4 is 17.5 Å². The van der Waals surface area contributed by atoms with Crippen LogP contribution in [-0.2, 0) is 16.1 Å². The van der Waals surface area contributed by atoms with Crippen LogP contribution in [0.25, 0.3) is 5.69 Å². The number of nitrogens with zero attached hydrogens (tertiary/aromatic N) is 3. The van der Waals surface area contributed by atoms with Crippen molar-refractivity contribution in [2.24, 2.45) is 0 Å². The molecular formula is C22H23N4O5+. The lowest BCUT2D eigenvalue weighted by molar-refractivity contribution is -0.678. The van der Waals surface area contributed by atoms with E-state index in [1.165, 1.54) is 9.58 Å². The number of ether oxygens (including phenoxy) is 1. The van der Waals surface area contributed by atoms with E-state index in [0.717, 1.165) is 5.69 Å². The van der Waals surface area contributed by atoms with Crippen molar-refractivity contribution in [1.29, 1.82) is 0 Å². The predicted molar refractivity (Wildman–Crippen MR) is 111 cm³/mol. The Morgan fingerprint density at radius 2 is 1.84 bits per heavy atom. The summed E-state index contributed by atoms with van der Waals surface area (Å²) in [4.78, 5) is 40.8. The summed E-state index contributed by atoms with van der Waals surface area (Å²) in [5, 5.41) is 2.58. The third kappa shape index (κ3) is 3.99. The van der Waals surface area contributed by atoms with Gasteiger partial charge in [-0.2, -0.15) is 0 Å². The molecule has 0 aliphatic carbocycles. The fourth-order valence-corrected chi connectivity index (χ4v) is 3.65. The van der Waals surface area contributed by atoms with Crippen LogP contribution in [0.4, 0.5) is 5.69 Å². The molecule has 1 atom stereocenters. The van der Waals surface area contributed by atoms with Crippen molar-refractivity contribution in [3.63, 3.8) is 0 Å². The van der Waals surface area contributed by atoms with Crippen LogP contribution in [0.2, 0.25) is 0 Å². The van der Waals surface area contributed by atoms with Crippen molar-refractivity contribution in [2.45, 2.75) is 25.9 Å². The topological polar surface area (TPSA) is 99.7 Å². The van der Waals surface area contributed by atoms with Crippen LogP contribution in [0.15, 0.2) is 63.9 Å². The maximum absolute atomic E-state index is 13.1. The molecule has 1 aromatic heterocycles. The summed E-state index contributed by atoms with van der Waals surface area (Å²) < 4.78 is 11.9. The Labute approximate surface area is 178 Å². The lowest BCUT2D eigenvalue weighted by atomic mass is 10.2. The zero-order valence-electron chi connectivity index (χ0n) is 17.3. The number of anilines is 1. The molecule has 1 unspecified atom stereocenters. The first-order valence-corrected chi connectivity index (χ1v) is 9.97. The van der Waals surface area contributed by atoms with Gasteiger partial charge in [-0.3, -0.25) is 19.0 Å². The number of hydrogen-bond acceptors (Lipinski definition) is 6. The molecule has 31 heavy (non-hydrogen) atoms. The Morgan fingerprint density at radius 1 is 1.13 bits per heavy atom. The molecule has 3 aromatic rings. The van der Waals surface area contributed by atoms with E-state index in [-0.39, 0.29) is 24.8 Å². The number of aromatic amines is 1. The number of rotatable bonds is 7. The normalized spacial score (nSPS) is 16.4. The minimum Gasteiger partial charge on any atom is -0.494 e. The maximum atomic E-state index is 13.1. The molecule has 2 heterocycles. The summed E-state index contributed by atoms with van der Waals surface area (Å²) in [6, 6.07) is 15.4. The quantitative estimate of drug-likeness (QED) is 0.456. The molecular weight excluding hydrogens is 400 g/mol. The summed E-state index contributed by atoms with van der Waals surface area (Å²) in [7, 11) is 1.71. The minimum absolute atomic E-state index is 0.0314. The van der Waals surface area contributed by atoms with Crippen molar-refractivity contribution in [3.8, 4) is 11.4 Å². The molecule has 1 fully saturated rings. The van der Waals surface area contributed by atoms with Crippen molar-refractivity contribution in [1.82, 2.24) is 10.2 Å². The summed E-state index contributed by atoms with van der Waals surface area (Å²) in [5.41, 5.74) is 1.01. The van der Waals surface area contributed by atoms with E-state index in [4.69, 9.17) is 9.26 Å². The third-order valence-corrected chi connectivity index (χ3v) is 5.21. The summed E-state index contributed by atoms with van der Waals surface area (Å²) >= 11 is 0. The molecule has 2 aromatic carbocycles. The SMILES string of the molecule is CCOc1ccc(N2C(=O)CC(N(C)Cc3c(=O)o[nH][n+]3-c3ccccc3)C2=O)cc1. The Kier molecular flexibility index (Phi) is 5.68. The van der Waals surface area contributed by atoms with E-state index < -0.39 is 11.7 Å². The Hall–Kier alpha value is -3.72. The van der Waals surface area contributed by atoms with Gasteiger partial charge in [0, 0.05) is 12.1 Å². The molecule has 1 N–H and O–H groups in total. The van der Waals surface area contributed by atoms with Crippen LogP contribution in [0.3, 0.4) is 0 Å². The predicted octanol–water partition coefficient (Wildman–Crippen LogP) is 1.41. The van der Waals surface area contributed by atoms with Crippen LogP contribution in [-0.4, -0.2) is 41.7 Å². The number of carbonyl (C=O) groups excluding carboxylic acids is 2. The summed E-state index contributed by atoms with van der Waals surface area (Å²) in [5.74, 6) is 0.0505.